The molecule has 21 heavy (non-hydrogen) atoms. The average Bonchev–Trinajstić information content (AvgIpc) is 3.18. The zero-order valence-electron chi connectivity index (χ0n) is 10.8. The number of nitrogens with two attached hydrogens (primary N) is 1. The zero-order chi connectivity index (χ0) is 14.6. The smallest absolute Gasteiger partial charge is 0.269 e. The summed E-state index contributed by atoms with van der Waals surface area (Å²) in [4.78, 5) is 11.9. The Morgan fingerprint density at radius 3 is 3.10 bits per heavy atom. The zero-order valence-corrected chi connectivity index (χ0v) is 11.6. The van der Waals surface area contributed by atoms with Gasteiger partial charge in [0.15, 0.2) is 5.78 Å². The summed E-state index contributed by atoms with van der Waals surface area (Å²) in [6.45, 7) is 0.345. The molecule has 0 aromatic carbocycles. The number of fused-ring (bicyclic) bond motifs is 2. The fourth-order valence-corrected chi connectivity index (χ4v) is 2.87. The minimum absolute atomic E-state index is 0.108. The maximum atomic E-state index is 11.9. The fourth-order valence-electron chi connectivity index (χ4n) is 2.61. The standard InChI is InChI=1S/C11H12N6O3S/c12-16-10(15-3-1-2-13-15)14-17(11(16)21)6-4-7(18)9-19-5-8(6)20-9/h1-3,6,8-9H,4-5,12H2/t6-,8+,9+/m0/s1. The quantitative estimate of drug-likeness (QED) is 0.593. The number of Topliss-reactive ketones (excluding diaryl/α,β-unsaturated/α-hetero) is 1. The van der Waals surface area contributed by atoms with E-state index >= 15 is 0 Å². The molecule has 0 spiro atoms. The van der Waals surface area contributed by atoms with Crippen LogP contribution >= 0.6 is 12.2 Å². The van der Waals surface area contributed by atoms with Crippen LogP contribution in [-0.2, 0) is 14.3 Å². The molecule has 0 amide bonds. The Morgan fingerprint density at radius 2 is 2.33 bits per heavy atom. The van der Waals surface area contributed by atoms with E-state index in [1.165, 1.54) is 9.36 Å². The van der Waals surface area contributed by atoms with Crippen LogP contribution in [0.1, 0.15) is 12.5 Å². The third-order valence-electron chi connectivity index (χ3n) is 3.65. The number of aromatic nitrogens is 5. The third-order valence-corrected chi connectivity index (χ3v) is 4.03. The van der Waals surface area contributed by atoms with E-state index in [9.17, 15) is 4.79 Å². The molecule has 2 saturated heterocycles. The Morgan fingerprint density at radius 1 is 1.48 bits per heavy atom. The number of nitrogen functional groups attached to an aromatic ring is 1. The fraction of sp³-hybridized carbons (Fsp3) is 0.455. The van der Waals surface area contributed by atoms with Gasteiger partial charge in [-0.05, 0) is 18.3 Å². The first kappa shape index (κ1) is 12.7. The lowest BCUT2D eigenvalue weighted by molar-refractivity contribution is -0.156. The molecule has 0 radical (unpaired) electrons. The van der Waals surface area contributed by atoms with Crippen molar-refractivity contribution < 1.29 is 14.3 Å². The molecule has 110 valence electrons. The number of rotatable bonds is 2. The first-order valence-corrected chi connectivity index (χ1v) is 6.82. The van der Waals surface area contributed by atoms with Gasteiger partial charge in [0.1, 0.15) is 6.10 Å². The summed E-state index contributed by atoms with van der Waals surface area (Å²) in [5.41, 5.74) is 0. The Balaban J connectivity index is 1.77. The molecule has 3 atom stereocenters. The van der Waals surface area contributed by atoms with Crippen LogP contribution in [0, 0.1) is 4.77 Å². The van der Waals surface area contributed by atoms with E-state index in [1.807, 2.05) is 0 Å². The van der Waals surface area contributed by atoms with Crippen LogP contribution in [0.5, 0.6) is 0 Å². The summed E-state index contributed by atoms with van der Waals surface area (Å²) in [5, 5.41) is 8.47. The number of carbonyl (C=O) groups is 1. The van der Waals surface area contributed by atoms with Gasteiger partial charge in [-0.3, -0.25) is 4.79 Å². The summed E-state index contributed by atoms with van der Waals surface area (Å²) >= 11 is 5.31. The highest BCUT2D eigenvalue weighted by atomic mass is 32.1. The van der Waals surface area contributed by atoms with Gasteiger partial charge in [-0.25, -0.2) is 9.36 Å². The first-order chi connectivity index (χ1) is 10.1. The molecule has 2 aromatic heterocycles. The van der Waals surface area contributed by atoms with Crippen molar-refractivity contribution in [2.75, 3.05) is 12.4 Å². The van der Waals surface area contributed by atoms with Crippen LogP contribution in [0.3, 0.4) is 0 Å². The number of ketones is 1. The lowest BCUT2D eigenvalue weighted by Gasteiger charge is -2.25. The SMILES string of the molecule is Nn1c(-n2cccn2)nn([C@H]2CC(=O)[C@@H]3OC[C@H]2O3)c1=S. The monoisotopic (exact) mass is 308 g/mol. The van der Waals surface area contributed by atoms with Gasteiger partial charge < -0.3 is 15.3 Å². The van der Waals surface area contributed by atoms with Crippen molar-refractivity contribution in [3.8, 4) is 5.95 Å². The molecule has 2 N–H and O–H groups in total. The number of carbonyl (C=O) groups excluding carboxylic acids is 1. The van der Waals surface area contributed by atoms with Crippen LogP contribution in [0.4, 0.5) is 0 Å². The predicted molar refractivity (Wildman–Crippen MR) is 71.6 cm³/mol. The van der Waals surface area contributed by atoms with Gasteiger partial charge in [-0.15, -0.1) is 5.10 Å². The lowest BCUT2D eigenvalue weighted by atomic mass is 10.0. The molecule has 10 heteroatoms. The molecule has 9 nitrogen and oxygen atoms in total. The van der Waals surface area contributed by atoms with E-state index in [4.69, 9.17) is 27.5 Å². The summed E-state index contributed by atoms with van der Waals surface area (Å²) in [6.07, 6.45) is 2.59. The van der Waals surface area contributed by atoms with E-state index < -0.39 is 6.29 Å². The molecule has 0 unspecified atom stereocenters. The molecule has 0 saturated carbocycles. The molecule has 2 aromatic rings. The van der Waals surface area contributed by atoms with E-state index in [2.05, 4.69) is 10.2 Å². The number of nitrogens with zero attached hydrogens (tertiary/aromatic N) is 5. The molecular formula is C11H12N6O3S. The number of hydrogen-bond donors (Lipinski definition) is 1. The lowest BCUT2D eigenvalue weighted by Crippen LogP contribution is -2.37. The number of ether oxygens (including phenoxy) is 2. The van der Waals surface area contributed by atoms with Crippen molar-refractivity contribution in [2.24, 2.45) is 0 Å². The van der Waals surface area contributed by atoms with Gasteiger partial charge >= 0.3 is 0 Å². The summed E-state index contributed by atoms with van der Waals surface area (Å²) < 4.78 is 15.4. The van der Waals surface area contributed by atoms with E-state index in [-0.39, 0.29) is 24.3 Å². The van der Waals surface area contributed by atoms with Gasteiger partial charge in [-0.2, -0.15) is 9.77 Å². The molecular weight excluding hydrogens is 296 g/mol. The van der Waals surface area contributed by atoms with Crippen molar-refractivity contribution in [3.05, 3.63) is 23.2 Å². The Hall–Kier alpha value is -2.04. The highest BCUT2D eigenvalue weighted by Crippen LogP contribution is 2.32. The Kier molecular flexibility index (Phi) is 2.71. The second-order valence-corrected chi connectivity index (χ2v) is 5.29. The van der Waals surface area contributed by atoms with Crippen molar-refractivity contribution >= 4 is 18.0 Å². The molecule has 4 rings (SSSR count). The summed E-state index contributed by atoms with van der Waals surface area (Å²) in [7, 11) is 0. The largest absolute Gasteiger partial charge is 0.343 e. The van der Waals surface area contributed by atoms with Crippen molar-refractivity contribution in [1.82, 2.24) is 24.2 Å². The summed E-state index contributed by atoms with van der Waals surface area (Å²) in [6, 6.07) is 1.44. The van der Waals surface area contributed by atoms with Gasteiger partial charge in [0, 0.05) is 18.8 Å². The van der Waals surface area contributed by atoms with Crippen LogP contribution in [0.25, 0.3) is 5.95 Å². The van der Waals surface area contributed by atoms with Gasteiger partial charge in [0.2, 0.25) is 11.1 Å². The van der Waals surface area contributed by atoms with E-state index in [0.717, 1.165) is 0 Å². The van der Waals surface area contributed by atoms with Gasteiger partial charge in [0.25, 0.3) is 5.95 Å². The molecule has 2 fully saturated rings. The van der Waals surface area contributed by atoms with E-state index in [1.54, 1.807) is 23.1 Å². The van der Waals surface area contributed by atoms with Crippen LogP contribution in [-0.4, -0.2) is 49.0 Å². The minimum atomic E-state index is -0.744. The van der Waals surface area contributed by atoms with Crippen LogP contribution in [0.15, 0.2) is 18.5 Å². The average molecular weight is 308 g/mol. The van der Waals surface area contributed by atoms with Crippen molar-refractivity contribution in [1.29, 1.82) is 0 Å². The van der Waals surface area contributed by atoms with Crippen LogP contribution < -0.4 is 5.84 Å². The minimum Gasteiger partial charge on any atom is -0.343 e. The summed E-state index contributed by atoms with van der Waals surface area (Å²) in [5.74, 6) is 6.21. The first-order valence-electron chi connectivity index (χ1n) is 6.41. The number of hydrogen-bond acceptors (Lipinski definition) is 7. The second-order valence-electron chi connectivity index (χ2n) is 4.93. The topological polar surface area (TPSA) is 102 Å². The molecule has 0 aliphatic carbocycles. The van der Waals surface area contributed by atoms with Gasteiger partial charge in [-0.1, -0.05) is 0 Å². The third kappa shape index (κ3) is 1.83. The van der Waals surface area contributed by atoms with Crippen molar-refractivity contribution in [2.45, 2.75) is 24.9 Å². The van der Waals surface area contributed by atoms with E-state index in [0.29, 0.717) is 17.3 Å². The van der Waals surface area contributed by atoms with Gasteiger partial charge in [0.05, 0.1) is 12.6 Å². The molecule has 2 aliphatic heterocycles. The van der Waals surface area contributed by atoms with Crippen molar-refractivity contribution in [3.63, 3.8) is 0 Å². The maximum Gasteiger partial charge on any atom is 0.269 e. The molecule has 4 heterocycles. The second kappa shape index (κ2) is 4.48. The highest BCUT2D eigenvalue weighted by molar-refractivity contribution is 7.71. The normalized spacial score (nSPS) is 28.2. The highest BCUT2D eigenvalue weighted by Gasteiger charge is 2.45. The van der Waals surface area contributed by atoms with Crippen LogP contribution in [0.2, 0.25) is 0 Å². The maximum absolute atomic E-state index is 11.9. The molecule has 2 aliphatic rings. The Labute approximate surface area is 123 Å². The predicted octanol–water partition coefficient (Wildman–Crippen LogP) is -0.431. The molecule has 2 bridgehead atoms. The Bertz CT molecular complexity index is 751.